The molecule has 0 radical (unpaired) electrons. The van der Waals surface area contributed by atoms with Gasteiger partial charge in [-0.2, -0.15) is 0 Å². The van der Waals surface area contributed by atoms with E-state index in [4.69, 9.17) is 58.0 Å². The van der Waals surface area contributed by atoms with Gasteiger partial charge in [0.05, 0.1) is 5.92 Å². The molecule has 0 heterocycles. The van der Waals surface area contributed by atoms with Gasteiger partial charge in [-0.15, -0.1) is 0 Å². The number of Topliss-reactive ketones (excluding diaryl/α,β-unsaturated/α-hetero) is 2. The van der Waals surface area contributed by atoms with Gasteiger partial charge in [-0.1, -0.05) is 58.0 Å². The lowest BCUT2D eigenvalue weighted by Gasteiger charge is -2.29. The number of carbonyl (C=O) groups is 2. The molecule has 2 unspecified atom stereocenters. The Morgan fingerprint density at radius 1 is 0.862 bits per heavy atom. The summed E-state index contributed by atoms with van der Waals surface area (Å²) in [5.41, 5.74) is 0.301. The fourth-order valence-corrected chi connectivity index (χ4v) is 3.63. The minimum atomic E-state index is -2.05. The molecule has 0 aliphatic rings. The molecule has 0 aliphatic heterocycles. The van der Waals surface area contributed by atoms with E-state index in [-0.39, 0.29) is 22.0 Å². The summed E-state index contributed by atoms with van der Waals surface area (Å²) < 4.78 is 24.0. The van der Waals surface area contributed by atoms with Gasteiger partial charge in [0.1, 0.15) is 16.1 Å². The van der Waals surface area contributed by atoms with Crippen LogP contribution in [0.5, 0.6) is 0 Å². The molecule has 2 atom stereocenters. The lowest BCUT2D eigenvalue weighted by molar-refractivity contribution is 0.0874. The average Bonchev–Trinajstić information content (AvgIpc) is 2.64. The van der Waals surface area contributed by atoms with Crippen molar-refractivity contribution >= 4 is 69.6 Å². The standard InChI is InChI=1S/C20H13Cl5F2O2/c21-18(22)9-15(19(29)12-3-7-14(27)8-4-12)16(20(23,24)25)10-17(28)11-1-5-13(26)6-2-11/h1-9,15-16H,10H2. The lowest BCUT2D eigenvalue weighted by Crippen LogP contribution is -2.34. The second-order valence-electron chi connectivity index (χ2n) is 6.14. The van der Waals surface area contributed by atoms with E-state index in [1.165, 1.54) is 30.3 Å². The molecule has 154 valence electrons. The molecular formula is C20H13Cl5F2O2. The Morgan fingerprint density at radius 3 is 1.72 bits per heavy atom. The van der Waals surface area contributed by atoms with E-state index in [2.05, 4.69) is 0 Å². The third-order valence-corrected chi connectivity index (χ3v) is 5.26. The first-order valence-corrected chi connectivity index (χ1v) is 10.1. The van der Waals surface area contributed by atoms with Gasteiger partial charge in [-0.3, -0.25) is 9.59 Å². The molecule has 9 heteroatoms. The summed E-state index contributed by atoms with van der Waals surface area (Å²) in [6.07, 6.45) is 0.802. The van der Waals surface area contributed by atoms with E-state index in [0.717, 1.165) is 24.3 Å². The van der Waals surface area contributed by atoms with Crippen LogP contribution in [0.25, 0.3) is 0 Å². The number of alkyl halides is 3. The monoisotopic (exact) mass is 498 g/mol. The van der Waals surface area contributed by atoms with Crippen LogP contribution in [0, 0.1) is 23.5 Å². The summed E-state index contributed by atoms with van der Waals surface area (Å²) in [6.45, 7) is 0. The first-order chi connectivity index (χ1) is 13.5. The van der Waals surface area contributed by atoms with Crippen LogP contribution in [-0.2, 0) is 0 Å². The Balaban J connectivity index is 2.42. The number of hydrogen-bond donors (Lipinski definition) is 0. The average molecular weight is 501 g/mol. The van der Waals surface area contributed by atoms with Crippen molar-refractivity contribution in [1.29, 1.82) is 0 Å². The van der Waals surface area contributed by atoms with E-state index < -0.39 is 38.8 Å². The number of allylic oxidation sites excluding steroid dienone is 1. The number of benzene rings is 2. The Hall–Kier alpha value is -1.17. The van der Waals surface area contributed by atoms with Gasteiger partial charge < -0.3 is 0 Å². The van der Waals surface area contributed by atoms with Crippen molar-refractivity contribution in [2.45, 2.75) is 10.2 Å². The van der Waals surface area contributed by atoms with E-state index in [1.54, 1.807) is 0 Å². The zero-order chi connectivity index (χ0) is 21.8. The fraction of sp³-hybridized carbons (Fsp3) is 0.200. The van der Waals surface area contributed by atoms with Crippen LogP contribution in [0.2, 0.25) is 0 Å². The van der Waals surface area contributed by atoms with Crippen molar-refractivity contribution in [3.05, 3.63) is 81.9 Å². The summed E-state index contributed by atoms with van der Waals surface area (Å²) in [5, 5.41) is 0. The highest BCUT2D eigenvalue weighted by Crippen LogP contribution is 2.44. The smallest absolute Gasteiger partial charge is 0.194 e. The normalized spacial score (nSPS) is 13.5. The number of carbonyl (C=O) groups excluding carboxylic acids is 2. The minimum Gasteiger partial charge on any atom is -0.294 e. The maximum atomic E-state index is 13.2. The minimum absolute atomic E-state index is 0.121. The molecule has 0 N–H and O–H groups in total. The predicted octanol–water partition coefficient (Wildman–Crippen LogP) is 7.34. The van der Waals surface area contributed by atoms with Crippen molar-refractivity contribution in [3.63, 3.8) is 0 Å². The van der Waals surface area contributed by atoms with Gasteiger partial charge in [0.15, 0.2) is 15.4 Å². The van der Waals surface area contributed by atoms with Gasteiger partial charge in [-0.05, 0) is 54.6 Å². The van der Waals surface area contributed by atoms with Gasteiger partial charge in [0, 0.05) is 23.5 Å². The van der Waals surface area contributed by atoms with Crippen LogP contribution < -0.4 is 0 Å². The highest BCUT2D eigenvalue weighted by Gasteiger charge is 2.42. The molecular weight excluding hydrogens is 487 g/mol. The number of rotatable bonds is 7. The predicted molar refractivity (Wildman–Crippen MR) is 113 cm³/mol. The Bertz CT molecular complexity index is 902. The summed E-state index contributed by atoms with van der Waals surface area (Å²) in [7, 11) is 0. The molecule has 0 saturated carbocycles. The molecule has 29 heavy (non-hydrogen) atoms. The third-order valence-electron chi connectivity index (χ3n) is 4.16. The summed E-state index contributed by atoms with van der Waals surface area (Å²) in [4.78, 5) is 25.7. The summed E-state index contributed by atoms with van der Waals surface area (Å²) >= 11 is 29.8. The van der Waals surface area contributed by atoms with Crippen LogP contribution >= 0.6 is 58.0 Å². The van der Waals surface area contributed by atoms with E-state index >= 15 is 0 Å². The Morgan fingerprint density at radius 2 is 1.31 bits per heavy atom. The topological polar surface area (TPSA) is 34.1 Å². The Kier molecular flexibility index (Phi) is 8.50. The van der Waals surface area contributed by atoms with Crippen molar-refractivity contribution in [3.8, 4) is 0 Å². The van der Waals surface area contributed by atoms with Crippen molar-refractivity contribution in [2.75, 3.05) is 0 Å². The van der Waals surface area contributed by atoms with Crippen LogP contribution in [-0.4, -0.2) is 15.4 Å². The van der Waals surface area contributed by atoms with E-state index in [0.29, 0.717) is 0 Å². The SMILES string of the molecule is O=C(CC(C(C=C(Cl)Cl)C(=O)c1ccc(F)cc1)C(Cl)(Cl)Cl)c1ccc(F)cc1. The molecule has 0 fully saturated rings. The van der Waals surface area contributed by atoms with E-state index in [9.17, 15) is 18.4 Å². The highest BCUT2D eigenvalue weighted by atomic mass is 35.6. The third kappa shape index (κ3) is 6.94. The largest absolute Gasteiger partial charge is 0.294 e. The van der Waals surface area contributed by atoms with Crippen LogP contribution in [0.3, 0.4) is 0 Å². The molecule has 0 amide bonds. The summed E-state index contributed by atoms with van der Waals surface area (Å²) in [5.74, 6) is -4.43. The molecule has 0 spiro atoms. The quantitative estimate of drug-likeness (QED) is 0.294. The van der Waals surface area contributed by atoms with Crippen molar-refractivity contribution in [2.24, 2.45) is 11.8 Å². The molecule has 2 aromatic rings. The number of halogens is 7. The maximum absolute atomic E-state index is 13.2. The first kappa shape index (κ1) is 24.1. The van der Waals surface area contributed by atoms with Gasteiger partial charge >= 0.3 is 0 Å². The zero-order valence-corrected chi connectivity index (χ0v) is 18.3. The van der Waals surface area contributed by atoms with Crippen molar-refractivity contribution in [1.82, 2.24) is 0 Å². The second-order valence-corrected chi connectivity index (χ2v) is 9.51. The van der Waals surface area contributed by atoms with Gasteiger partial charge in [0.2, 0.25) is 0 Å². The number of hydrogen-bond acceptors (Lipinski definition) is 2. The molecule has 2 aromatic carbocycles. The summed E-state index contributed by atoms with van der Waals surface area (Å²) in [6, 6.07) is 9.54. The maximum Gasteiger partial charge on any atom is 0.194 e. The van der Waals surface area contributed by atoms with Crippen molar-refractivity contribution < 1.29 is 18.4 Å². The van der Waals surface area contributed by atoms with E-state index in [1.807, 2.05) is 0 Å². The fourth-order valence-electron chi connectivity index (χ4n) is 2.72. The van der Waals surface area contributed by atoms with Crippen LogP contribution in [0.4, 0.5) is 8.78 Å². The van der Waals surface area contributed by atoms with Gasteiger partial charge in [-0.25, -0.2) is 8.78 Å². The highest BCUT2D eigenvalue weighted by molar-refractivity contribution is 6.68. The zero-order valence-electron chi connectivity index (χ0n) is 14.5. The molecule has 0 saturated heterocycles. The second kappa shape index (κ2) is 10.2. The molecule has 0 bridgehead atoms. The molecule has 0 aromatic heterocycles. The Labute approximate surface area is 191 Å². The number of ketones is 2. The lowest BCUT2D eigenvalue weighted by atomic mass is 9.82. The first-order valence-electron chi connectivity index (χ1n) is 8.17. The van der Waals surface area contributed by atoms with Crippen LogP contribution in [0.1, 0.15) is 27.1 Å². The molecule has 2 nitrogen and oxygen atoms in total. The van der Waals surface area contributed by atoms with Gasteiger partial charge in [0.25, 0.3) is 0 Å². The van der Waals surface area contributed by atoms with Crippen LogP contribution in [0.15, 0.2) is 59.1 Å². The molecule has 0 aliphatic carbocycles. The molecule has 2 rings (SSSR count).